The average Bonchev–Trinajstić information content (AvgIpc) is 2.20. The molecule has 0 aliphatic heterocycles. The Kier molecular flexibility index (Phi) is 8.78. The summed E-state index contributed by atoms with van der Waals surface area (Å²) in [6.45, 7) is 4.53. The van der Waals surface area contributed by atoms with E-state index in [0.717, 1.165) is 6.42 Å². The number of rotatable bonds is 7. The second kappa shape index (κ2) is 9.46. The van der Waals surface area contributed by atoms with E-state index in [1.165, 1.54) is 13.0 Å². The molecule has 0 saturated carbocycles. The molecular formula is C12H19FO2. The van der Waals surface area contributed by atoms with Crippen LogP contribution < -0.4 is 0 Å². The summed E-state index contributed by atoms with van der Waals surface area (Å²) in [5.74, 6) is 0.420. The third-order valence-corrected chi connectivity index (χ3v) is 1.57. The Bertz CT molecular complexity index is 238. The molecule has 0 aromatic carbocycles. The molecule has 0 aliphatic carbocycles. The van der Waals surface area contributed by atoms with Gasteiger partial charge in [-0.1, -0.05) is 6.08 Å². The largest absolute Gasteiger partial charge is 0.494 e. The van der Waals surface area contributed by atoms with E-state index in [2.05, 4.69) is 0 Å². The van der Waals surface area contributed by atoms with E-state index in [9.17, 15) is 4.39 Å². The maximum atomic E-state index is 12.5. The summed E-state index contributed by atoms with van der Waals surface area (Å²) in [4.78, 5) is 0. The van der Waals surface area contributed by atoms with Crippen molar-refractivity contribution in [2.24, 2.45) is 0 Å². The van der Waals surface area contributed by atoms with Crippen molar-refractivity contribution in [2.45, 2.75) is 20.3 Å². The monoisotopic (exact) mass is 214 g/mol. The number of ether oxygens (including phenoxy) is 2. The van der Waals surface area contributed by atoms with Crippen LogP contribution in [-0.2, 0) is 9.47 Å². The van der Waals surface area contributed by atoms with Gasteiger partial charge < -0.3 is 9.47 Å². The third kappa shape index (κ3) is 9.22. The Morgan fingerprint density at radius 3 is 2.53 bits per heavy atom. The second-order valence-corrected chi connectivity index (χ2v) is 3.02. The number of methoxy groups -OCH3 is 1. The van der Waals surface area contributed by atoms with Gasteiger partial charge in [-0.3, -0.25) is 0 Å². The second-order valence-electron chi connectivity index (χ2n) is 3.02. The lowest BCUT2D eigenvalue weighted by Crippen LogP contribution is -1.97. The molecule has 0 aliphatic rings. The van der Waals surface area contributed by atoms with Crippen LogP contribution in [0.2, 0.25) is 0 Å². The summed E-state index contributed by atoms with van der Waals surface area (Å²) in [6.07, 6.45) is 7.47. The smallest absolute Gasteiger partial charge is 0.119 e. The van der Waals surface area contributed by atoms with Crippen LogP contribution in [0, 0.1) is 0 Å². The van der Waals surface area contributed by atoms with Crippen LogP contribution in [0.3, 0.4) is 0 Å². The lowest BCUT2D eigenvalue weighted by atomic mass is 10.3. The lowest BCUT2D eigenvalue weighted by molar-refractivity contribution is 0.149. The van der Waals surface area contributed by atoms with Gasteiger partial charge in [-0.2, -0.15) is 0 Å². The van der Waals surface area contributed by atoms with Crippen LogP contribution in [0.1, 0.15) is 20.3 Å². The molecule has 15 heavy (non-hydrogen) atoms. The molecule has 0 unspecified atom stereocenters. The van der Waals surface area contributed by atoms with E-state index in [-0.39, 0.29) is 5.83 Å². The van der Waals surface area contributed by atoms with Crippen LogP contribution in [-0.4, -0.2) is 20.3 Å². The quantitative estimate of drug-likeness (QED) is 0.367. The molecule has 0 atom stereocenters. The minimum Gasteiger partial charge on any atom is -0.494 e. The third-order valence-electron chi connectivity index (χ3n) is 1.57. The SMILES string of the molecule is C\C=C/C(=C\C=C(/C)F)OCCCOC. The van der Waals surface area contributed by atoms with Crippen LogP contribution in [0.25, 0.3) is 0 Å². The van der Waals surface area contributed by atoms with Crippen molar-refractivity contribution < 1.29 is 13.9 Å². The highest BCUT2D eigenvalue weighted by atomic mass is 19.1. The number of allylic oxidation sites excluding steroid dienone is 5. The molecular weight excluding hydrogens is 195 g/mol. The fourth-order valence-electron chi connectivity index (χ4n) is 0.906. The van der Waals surface area contributed by atoms with Gasteiger partial charge in [0.15, 0.2) is 0 Å². The van der Waals surface area contributed by atoms with Crippen LogP contribution in [0.15, 0.2) is 35.9 Å². The van der Waals surface area contributed by atoms with Crippen molar-refractivity contribution >= 4 is 0 Å². The van der Waals surface area contributed by atoms with Crippen LogP contribution >= 0.6 is 0 Å². The van der Waals surface area contributed by atoms with Gasteiger partial charge in [-0.25, -0.2) is 4.39 Å². The van der Waals surface area contributed by atoms with Crippen molar-refractivity contribution in [3.8, 4) is 0 Å². The Balaban J connectivity index is 4.05. The van der Waals surface area contributed by atoms with Crippen molar-refractivity contribution in [3.63, 3.8) is 0 Å². The van der Waals surface area contributed by atoms with E-state index in [1.54, 1.807) is 19.3 Å². The standard InChI is InChI=1S/C12H19FO2/c1-4-6-12(8-7-11(2)13)15-10-5-9-14-3/h4,6-8H,5,9-10H2,1-3H3/b6-4-,11-7+,12-8+. The molecule has 0 spiro atoms. The van der Waals surface area contributed by atoms with E-state index >= 15 is 0 Å². The molecule has 0 aromatic rings. The van der Waals surface area contributed by atoms with Gasteiger partial charge in [0, 0.05) is 20.1 Å². The first-order chi connectivity index (χ1) is 7.20. The normalized spacial score (nSPS) is 13.6. The van der Waals surface area contributed by atoms with Crippen LogP contribution in [0.5, 0.6) is 0 Å². The fourth-order valence-corrected chi connectivity index (χ4v) is 0.906. The first kappa shape index (κ1) is 13.9. The molecule has 0 saturated heterocycles. The van der Waals surface area contributed by atoms with E-state index in [1.807, 2.05) is 13.0 Å². The van der Waals surface area contributed by atoms with Crippen molar-refractivity contribution in [1.82, 2.24) is 0 Å². The highest BCUT2D eigenvalue weighted by Crippen LogP contribution is 2.04. The zero-order valence-corrected chi connectivity index (χ0v) is 9.63. The summed E-state index contributed by atoms with van der Waals surface area (Å²) >= 11 is 0. The Morgan fingerprint density at radius 1 is 1.27 bits per heavy atom. The van der Waals surface area contributed by atoms with Crippen LogP contribution in [0.4, 0.5) is 4.39 Å². The van der Waals surface area contributed by atoms with Gasteiger partial charge in [0.1, 0.15) is 5.76 Å². The molecule has 0 aromatic heterocycles. The van der Waals surface area contributed by atoms with Gasteiger partial charge >= 0.3 is 0 Å². The minimum absolute atomic E-state index is 0.238. The van der Waals surface area contributed by atoms with Crippen molar-refractivity contribution in [2.75, 3.05) is 20.3 Å². The highest BCUT2D eigenvalue weighted by molar-refractivity contribution is 5.18. The first-order valence-corrected chi connectivity index (χ1v) is 4.99. The number of hydrogen-bond donors (Lipinski definition) is 0. The van der Waals surface area contributed by atoms with Gasteiger partial charge in [0.2, 0.25) is 0 Å². The molecule has 0 heterocycles. The van der Waals surface area contributed by atoms with Crippen molar-refractivity contribution in [3.05, 3.63) is 35.9 Å². The molecule has 0 amide bonds. The number of hydrogen-bond acceptors (Lipinski definition) is 2. The molecule has 0 N–H and O–H groups in total. The Morgan fingerprint density at radius 2 is 2.00 bits per heavy atom. The maximum Gasteiger partial charge on any atom is 0.119 e. The van der Waals surface area contributed by atoms with Gasteiger partial charge in [-0.05, 0) is 32.1 Å². The predicted octanol–water partition coefficient (Wildman–Crippen LogP) is 3.37. The molecule has 0 bridgehead atoms. The number of halogens is 1. The van der Waals surface area contributed by atoms with E-state index in [0.29, 0.717) is 19.0 Å². The maximum absolute atomic E-state index is 12.5. The lowest BCUT2D eigenvalue weighted by Gasteiger charge is -2.05. The summed E-state index contributed by atoms with van der Waals surface area (Å²) < 4.78 is 22.8. The van der Waals surface area contributed by atoms with Gasteiger partial charge in [0.05, 0.1) is 12.4 Å². The van der Waals surface area contributed by atoms with E-state index < -0.39 is 0 Å². The Hall–Kier alpha value is -1.09. The molecule has 0 radical (unpaired) electrons. The van der Waals surface area contributed by atoms with Gasteiger partial charge in [0.25, 0.3) is 0 Å². The molecule has 0 fully saturated rings. The minimum atomic E-state index is -0.238. The topological polar surface area (TPSA) is 18.5 Å². The van der Waals surface area contributed by atoms with E-state index in [4.69, 9.17) is 9.47 Å². The molecule has 3 heteroatoms. The summed E-state index contributed by atoms with van der Waals surface area (Å²) in [7, 11) is 1.65. The van der Waals surface area contributed by atoms with Gasteiger partial charge in [-0.15, -0.1) is 0 Å². The Labute approximate surface area is 91.1 Å². The zero-order chi connectivity index (χ0) is 11.5. The summed E-state index contributed by atoms with van der Waals surface area (Å²) in [6, 6.07) is 0. The predicted molar refractivity (Wildman–Crippen MR) is 60.2 cm³/mol. The molecule has 0 rings (SSSR count). The molecule has 2 nitrogen and oxygen atoms in total. The summed E-state index contributed by atoms with van der Waals surface area (Å²) in [5.41, 5.74) is 0. The summed E-state index contributed by atoms with van der Waals surface area (Å²) in [5, 5.41) is 0. The zero-order valence-electron chi connectivity index (χ0n) is 9.63. The highest BCUT2D eigenvalue weighted by Gasteiger charge is 1.92. The molecule has 86 valence electrons. The van der Waals surface area contributed by atoms with Crippen molar-refractivity contribution in [1.29, 1.82) is 0 Å². The first-order valence-electron chi connectivity index (χ1n) is 4.99. The average molecular weight is 214 g/mol. The fraction of sp³-hybridized carbons (Fsp3) is 0.500.